The average molecular weight is 420 g/mol. The van der Waals surface area contributed by atoms with E-state index in [4.69, 9.17) is 25.3 Å². The van der Waals surface area contributed by atoms with Crippen molar-refractivity contribution < 1.29 is 22.1 Å². The molecule has 0 amide bonds. The number of rotatable bonds is 4. The maximum absolute atomic E-state index is 12.1. The SMILES string of the molecule is O=S(=O)(OC[C@H]1COc2ccc(Cl)cc2O1)c1ccc(Br)cc1. The molecule has 0 aliphatic carbocycles. The van der Waals surface area contributed by atoms with Crippen molar-refractivity contribution in [3.05, 3.63) is 52.0 Å². The van der Waals surface area contributed by atoms with E-state index in [2.05, 4.69) is 15.9 Å². The molecule has 5 nitrogen and oxygen atoms in total. The Morgan fingerprint density at radius 1 is 1.17 bits per heavy atom. The largest absolute Gasteiger partial charge is 0.486 e. The molecular weight excluding hydrogens is 408 g/mol. The number of fused-ring (bicyclic) bond motifs is 1. The van der Waals surface area contributed by atoms with E-state index in [9.17, 15) is 8.42 Å². The van der Waals surface area contributed by atoms with Crippen molar-refractivity contribution in [2.24, 2.45) is 0 Å². The number of halogens is 2. The summed E-state index contributed by atoms with van der Waals surface area (Å²) in [6, 6.07) is 11.2. The standard InChI is InChI=1S/C15H12BrClO5S/c16-10-1-4-13(5-2-10)23(18,19)21-9-12-8-20-14-6-3-11(17)7-15(14)22-12/h1-7,12H,8-9H2/t12-/m1/s1. The van der Waals surface area contributed by atoms with Crippen LogP contribution in [0.2, 0.25) is 5.02 Å². The Morgan fingerprint density at radius 2 is 1.91 bits per heavy atom. The summed E-state index contributed by atoms with van der Waals surface area (Å²) in [6.45, 7) is 0.0504. The minimum absolute atomic E-state index is 0.0841. The Balaban J connectivity index is 1.66. The monoisotopic (exact) mass is 418 g/mol. The molecule has 2 aromatic rings. The quantitative estimate of drug-likeness (QED) is 0.708. The van der Waals surface area contributed by atoms with E-state index < -0.39 is 16.2 Å². The van der Waals surface area contributed by atoms with Gasteiger partial charge in [-0.25, -0.2) is 0 Å². The molecule has 0 aromatic heterocycles. The summed E-state index contributed by atoms with van der Waals surface area (Å²) in [7, 11) is -3.84. The third kappa shape index (κ3) is 3.98. The number of hydrogen-bond acceptors (Lipinski definition) is 5. The highest BCUT2D eigenvalue weighted by molar-refractivity contribution is 9.10. The molecule has 23 heavy (non-hydrogen) atoms. The Hall–Kier alpha value is -1.28. The van der Waals surface area contributed by atoms with Crippen molar-refractivity contribution >= 4 is 37.6 Å². The van der Waals surface area contributed by atoms with Gasteiger partial charge in [0.1, 0.15) is 13.2 Å². The highest BCUT2D eigenvalue weighted by Gasteiger charge is 2.24. The van der Waals surface area contributed by atoms with E-state index in [1.807, 2.05) is 0 Å². The zero-order valence-corrected chi connectivity index (χ0v) is 14.9. The molecule has 2 aromatic carbocycles. The van der Waals surface area contributed by atoms with Gasteiger partial charge in [0.25, 0.3) is 10.1 Å². The topological polar surface area (TPSA) is 61.8 Å². The van der Waals surface area contributed by atoms with Crippen LogP contribution in [0.5, 0.6) is 11.5 Å². The molecule has 1 aliphatic heterocycles. The lowest BCUT2D eigenvalue weighted by Gasteiger charge is -2.26. The van der Waals surface area contributed by atoms with Gasteiger partial charge < -0.3 is 9.47 Å². The Kier molecular flexibility index (Phi) is 4.82. The predicted molar refractivity (Wildman–Crippen MR) is 88.6 cm³/mol. The summed E-state index contributed by atoms with van der Waals surface area (Å²) in [4.78, 5) is 0.0841. The third-order valence-electron chi connectivity index (χ3n) is 3.14. The number of benzene rings is 2. The van der Waals surface area contributed by atoms with Crippen LogP contribution in [0.1, 0.15) is 0 Å². The van der Waals surface area contributed by atoms with Gasteiger partial charge in [-0.2, -0.15) is 8.42 Å². The van der Waals surface area contributed by atoms with Crippen molar-refractivity contribution in [2.45, 2.75) is 11.0 Å². The van der Waals surface area contributed by atoms with Crippen LogP contribution in [0.25, 0.3) is 0 Å². The second-order valence-electron chi connectivity index (χ2n) is 4.83. The van der Waals surface area contributed by atoms with Crippen molar-refractivity contribution in [1.29, 1.82) is 0 Å². The maximum Gasteiger partial charge on any atom is 0.297 e. The molecule has 122 valence electrons. The first kappa shape index (κ1) is 16.6. The fraction of sp³-hybridized carbons (Fsp3) is 0.200. The molecule has 0 saturated heterocycles. The van der Waals surface area contributed by atoms with E-state index in [1.54, 1.807) is 30.3 Å². The molecule has 0 bridgehead atoms. The van der Waals surface area contributed by atoms with E-state index >= 15 is 0 Å². The van der Waals surface area contributed by atoms with E-state index in [1.165, 1.54) is 12.1 Å². The molecule has 1 heterocycles. The fourth-order valence-electron chi connectivity index (χ4n) is 2.01. The number of ether oxygens (including phenoxy) is 2. The van der Waals surface area contributed by atoms with Gasteiger partial charge in [0.2, 0.25) is 0 Å². The molecular formula is C15H12BrClO5S. The van der Waals surface area contributed by atoms with Crippen LogP contribution in [-0.2, 0) is 14.3 Å². The van der Waals surface area contributed by atoms with Gasteiger partial charge in [-0.05, 0) is 36.4 Å². The van der Waals surface area contributed by atoms with Crippen LogP contribution in [0, 0.1) is 0 Å². The molecule has 0 N–H and O–H groups in total. The minimum Gasteiger partial charge on any atom is -0.486 e. The lowest BCUT2D eigenvalue weighted by Crippen LogP contribution is -2.34. The normalized spacial score (nSPS) is 17.0. The zero-order valence-electron chi connectivity index (χ0n) is 11.7. The van der Waals surface area contributed by atoms with E-state index in [0.717, 1.165) is 4.47 Å². The maximum atomic E-state index is 12.1. The Morgan fingerprint density at radius 3 is 2.65 bits per heavy atom. The first-order chi connectivity index (χ1) is 10.9. The summed E-state index contributed by atoms with van der Waals surface area (Å²) in [5.41, 5.74) is 0. The second kappa shape index (κ2) is 6.68. The second-order valence-corrected chi connectivity index (χ2v) is 7.80. The first-order valence-corrected chi connectivity index (χ1v) is 9.26. The number of hydrogen-bond donors (Lipinski definition) is 0. The first-order valence-electron chi connectivity index (χ1n) is 6.68. The van der Waals surface area contributed by atoms with Crippen LogP contribution in [-0.4, -0.2) is 27.7 Å². The highest BCUT2D eigenvalue weighted by Crippen LogP contribution is 2.34. The van der Waals surface area contributed by atoms with Gasteiger partial charge >= 0.3 is 0 Å². The van der Waals surface area contributed by atoms with Gasteiger partial charge in [0.15, 0.2) is 17.6 Å². The van der Waals surface area contributed by atoms with Crippen molar-refractivity contribution in [3.63, 3.8) is 0 Å². The predicted octanol–water partition coefficient (Wildman–Crippen LogP) is 3.65. The molecule has 0 fully saturated rings. The summed E-state index contributed by atoms with van der Waals surface area (Å²) in [5, 5.41) is 0.511. The zero-order chi connectivity index (χ0) is 16.4. The van der Waals surface area contributed by atoms with Crippen molar-refractivity contribution in [3.8, 4) is 11.5 Å². The summed E-state index contributed by atoms with van der Waals surface area (Å²) in [6.07, 6.45) is -0.536. The lowest BCUT2D eigenvalue weighted by molar-refractivity contribution is 0.0555. The van der Waals surface area contributed by atoms with Gasteiger partial charge in [-0.15, -0.1) is 0 Å². The smallest absolute Gasteiger partial charge is 0.297 e. The highest BCUT2D eigenvalue weighted by atomic mass is 79.9. The fourth-order valence-corrected chi connectivity index (χ4v) is 3.37. The molecule has 0 spiro atoms. The third-order valence-corrected chi connectivity index (χ3v) is 5.20. The van der Waals surface area contributed by atoms with E-state index in [0.29, 0.717) is 16.5 Å². The minimum atomic E-state index is -3.84. The molecule has 0 saturated carbocycles. The molecule has 3 rings (SSSR count). The average Bonchev–Trinajstić information content (AvgIpc) is 2.53. The lowest BCUT2D eigenvalue weighted by atomic mass is 10.2. The van der Waals surface area contributed by atoms with Crippen molar-refractivity contribution in [1.82, 2.24) is 0 Å². The van der Waals surface area contributed by atoms with Gasteiger partial charge in [-0.1, -0.05) is 27.5 Å². The molecule has 1 aliphatic rings. The summed E-state index contributed by atoms with van der Waals surface area (Å²) in [5.74, 6) is 1.04. The van der Waals surface area contributed by atoms with Gasteiger partial charge in [0, 0.05) is 15.6 Å². The van der Waals surface area contributed by atoms with Gasteiger partial charge in [-0.3, -0.25) is 4.18 Å². The molecule has 0 radical (unpaired) electrons. The van der Waals surface area contributed by atoms with Crippen LogP contribution >= 0.6 is 27.5 Å². The van der Waals surface area contributed by atoms with Crippen LogP contribution < -0.4 is 9.47 Å². The molecule has 0 unspecified atom stereocenters. The van der Waals surface area contributed by atoms with Gasteiger partial charge in [0.05, 0.1) is 4.90 Å². The Labute approximate surface area is 147 Å². The van der Waals surface area contributed by atoms with Crippen LogP contribution in [0.4, 0.5) is 0 Å². The molecule has 8 heteroatoms. The Bertz CT molecular complexity index is 807. The van der Waals surface area contributed by atoms with Crippen molar-refractivity contribution in [2.75, 3.05) is 13.2 Å². The molecule has 1 atom stereocenters. The van der Waals surface area contributed by atoms with Crippen LogP contribution in [0.15, 0.2) is 51.8 Å². The summed E-state index contributed by atoms with van der Waals surface area (Å²) < 4.78 is 41.3. The van der Waals surface area contributed by atoms with E-state index in [-0.39, 0.29) is 18.1 Å². The van der Waals surface area contributed by atoms with Crippen LogP contribution in [0.3, 0.4) is 0 Å². The summed E-state index contributed by atoms with van der Waals surface area (Å²) >= 11 is 9.15.